The second-order valence-electron chi connectivity index (χ2n) is 28.9. The maximum absolute atomic E-state index is 10.2. The van der Waals surface area contributed by atoms with Gasteiger partial charge in [-0.15, -0.1) is 0 Å². The first kappa shape index (κ1) is 57.5. The van der Waals surface area contributed by atoms with E-state index in [-0.39, 0.29) is 18.1 Å². The zero-order valence-electron chi connectivity index (χ0n) is 52.7. The summed E-state index contributed by atoms with van der Waals surface area (Å²) in [5, 5.41) is 19.8. The Morgan fingerprint density at radius 3 is 0.744 bits per heavy atom. The van der Waals surface area contributed by atoms with Crippen molar-refractivity contribution >= 4 is 121 Å². The van der Waals surface area contributed by atoms with Crippen molar-refractivity contribution in [3.05, 3.63) is 276 Å². The molecule has 90 heavy (non-hydrogen) atoms. The molecule has 2 unspecified atom stereocenters. The van der Waals surface area contributed by atoms with Gasteiger partial charge in [0.1, 0.15) is 0 Å². The molecule has 2 aliphatic rings. The first-order valence-electron chi connectivity index (χ1n) is 32.4. The van der Waals surface area contributed by atoms with Gasteiger partial charge < -0.3 is 0 Å². The van der Waals surface area contributed by atoms with E-state index in [1.807, 2.05) is 0 Å². The molecule has 2 atom stereocenters. The molecule has 0 radical (unpaired) electrons. The van der Waals surface area contributed by atoms with Crippen molar-refractivity contribution in [1.29, 1.82) is 0 Å². The van der Waals surface area contributed by atoms with Gasteiger partial charge >= 0.3 is 543 Å². The summed E-state index contributed by atoms with van der Waals surface area (Å²) in [5.74, 6) is -2.26. The Hall–Kier alpha value is -7.68. The van der Waals surface area contributed by atoms with Crippen LogP contribution in [0.25, 0.3) is 143 Å². The number of fused-ring (bicyclic) bond motifs is 10. The van der Waals surface area contributed by atoms with Crippen LogP contribution in [0.3, 0.4) is 0 Å². The predicted molar refractivity (Wildman–Crippen MR) is 395 cm³/mol. The van der Waals surface area contributed by atoms with Gasteiger partial charge in [-0.3, -0.25) is 0 Å². The van der Waals surface area contributed by atoms with Gasteiger partial charge in [0.15, 0.2) is 0 Å². The summed E-state index contributed by atoms with van der Waals surface area (Å²) in [7, 11) is 20.3. The third-order valence-corrected chi connectivity index (χ3v) is 72.1. The van der Waals surface area contributed by atoms with E-state index in [0.717, 1.165) is 12.8 Å². The third kappa shape index (κ3) is 9.05. The Morgan fingerprint density at radius 1 is 0.311 bits per heavy atom. The molecule has 14 aromatic carbocycles. The molecule has 0 spiro atoms. The molecular formula is C86H73Cl2SiZr. The average Bonchev–Trinajstić information content (AvgIpc) is 1.48. The second kappa shape index (κ2) is 21.2. The number of rotatable bonds is 9. The predicted octanol–water partition coefficient (Wildman–Crippen LogP) is 26.0. The van der Waals surface area contributed by atoms with E-state index in [2.05, 4.69) is 309 Å². The van der Waals surface area contributed by atoms with Crippen LogP contribution < -0.4 is 0 Å². The molecule has 0 saturated heterocycles. The molecule has 0 N–H and O–H groups in total. The van der Waals surface area contributed by atoms with Gasteiger partial charge in [-0.2, -0.15) is 0 Å². The molecular weight excluding hydrogens is 1220 g/mol. The van der Waals surface area contributed by atoms with Crippen LogP contribution in [-0.4, -0.2) is 5.92 Å². The van der Waals surface area contributed by atoms with Gasteiger partial charge in [-0.1, -0.05) is 0 Å². The molecule has 2 aliphatic carbocycles. The van der Waals surface area contributed by atoms with Crippen molar-refractivity contribution in [1.82, 2.24) is 0 Å². The monoisotopic (exact) mass is 1290 g/mol. The zero-order chi connectivity index (χ0) is 61.6. The van der Waals surface area contributed by atoms with Gasteiger partial charge in [0.25, 0.3) is 0 Å². The van der Waals surface area contributed by atoms with Gasteiger partial charge in [0, 0.05) is 0 Å². The fourth-order valence-electron chi connectivity index (χ4n) is 16.8. The molecule has 0 heterocycles. The fraction of sp³-hybridized carbons (Fsp3) is 0.163. The van der Waals surface area contributed by atoms with E-state index in [9.17, 15) is 17.0 Å². The quantitative estimate of drug-likeness (QED) is 0.0998. The van der Waals surface area contributed by atoms with Crippen LogP contribution >= 0.6 is 17.0 Å². The van der Waals surface area contributed by atoms with Crippen LogP contribution in [0.5, 0.6) is 0 Å². The van der Waals surface area contributed by atoms with E-state index < -0.39 is 21.5 Å². The molecule has 0 aromatic heterocycles. The molecule has 0 nitrogen and oxygen atoms in total. The molecule has 0 fully saturated rings. The minimum absolute atomic E-state index is 0.118. The van der Waals surface area contributed by atoms with Crippen molar-refractivity contribution in [3.63, 3.8) is 0 Å². The van der Waals surface area contributed by atoms with Crippen molar-refractivity contribution in [3.8, 4) is 44.5 Å². The average molecular weight is 1300 g/mol. The molecule has 4 heteroatoms. The Kier molecular flexibility index (Phi) is 13.5. The van der Waals surface area contributed by atoms with Crippen LogP contribution in [-0.2, 0) is 15.6 Å². The first-order chi connectivity index (χ1) is 43.4. The second-order valence-corrected chi connectivity index (χ2v) is 71.4. The molecule has 0 aliphatic heterocycles. The molecule has 0 amide bonds. The van der Waals surface area contributed by atoms with Crippen molar-refractivity contribution < 1.29 is 15.6 Å². The Bertz CT molecular complexity index is 4890. The Morgan fingerprint density at radius 2 is 0.522 bits per heavy atom. The summed E-state index contributed by atoms with van der Waals surface area (Å²) in [5.41, 5.74) is 17.7. The Balaban J connectivity index is 1.10. The molecule has 16 rings (SSSR count). The van der Waals surface area contributed by atoms with Crippen molar-refractivity contribution in [2.75, 3.05) is 0 Å². The van der Waals surface area contributed by atoms with E-state index in [0.29, 0.717) is 0 Å². The summed E-state index contributed by atoms with van der Waals surface area (Å²) >= 11 is -6.01. The summed E-state index contributed by atoms with van der Waals surface area (Å²) in [4.78, 5) is 0. The SMILES string of the molecule is C[SiH](C)[Zr]([Cl])([Cl])([CH]1C(CC(C)(C)C)=Cc2c(-c3c4ccccc4cc4ccccc34)ccc(-c3c4ccccc4cc4ccccc34)c21)[CH]1C(CC(C)(C)C)=Cc2c(-c3c4ccccc4cc4ccccc34)ccc(-c3c4ccccc4cc4ccccc34)c21. The van der Waals surface area contributed by atoms with Crippen molar-refractivity contribution in [2.24, 2.45) is 10.8 Å². The van der Waals surface area contributed by atoms with Gasteiger partial charge in [0.2, 0.25) is 0 Å². The molecule has 439 valence electrons. The van der Waals surface area contributed by atoms with E-state index in [4.69, 9.17) is 0 Å². The van der Waals surface area contributed by atoms with E-state index in [1.165, 1.54) is 164 Å². The summed E-state index contributed by atoms with van der Waals surface area (Å²) in [6.07, 6.45) is 6.99. The van der Waals surface area contributed by atoms with Crippen LogP contribution in [0.4, 0.5) is 0 Å². The zero-order valence-corrected chi connectivity index (χ0v) is 57.8. The molecule has 0 bridgehead atoms. The van der Waals surface area contributed by atoms with Gasteiger partial charge in [-0.25, -0.2) is 0 Å². The molecule has 14 aromatic rings. The summed E-state index contributed by atoms with van der Waals surface area (Å²) in [6.45, 7) is 19.7. The first-order valence-corrected chi connectivity index (χ1v) is 48.7. The van der Waals surface area contributed by atoms with Crippen LogP contribution in [0.15, 0.2) is 254 Å². The number of halogens is 2. The summed E-state index contributed by atoms with van der Waals surface area (Å²) < 4.78 is -0.522. The summed E-state index contributed by atoms with van der Waals surface area (Å²) in [6, 6.07) is 91.9. The number of benzene rings is 14. The number of allylic oxidation sites excluding steroid dienone is 2. The normalized spacial score (nSPS) is 15.8. The third-order valence-electron chi connectivity index (χ3n) is 20.4. The topological polar surface area (TPSA) is 0 Å². The van der Waals surface area contributed by atoms with Gasteiger partial charge in [0.05, 0.1) is 0 Å². The fourth-order valence-corrected chi connectivity index (χ4v) is 47.8. The van der Waals surface area contributed by atoms with E-state index in [1.54, 1.807) is 0 Å². The minimum atomic E-state index is -6.01. The van der Waals surface area contributed by atoms with Crippen LogP contribution in [0.2, 0.25) is 13.1 Å². The number of hydrogen-bond donors (Lipinski definition) is 0. The van der Waals surface area contributed by atoms with E-state index >= 15 is 0 Å². The van der Waals surface area contributed by atoms with Gasteiger partial charge in [-0.05, 0) is 0 Å². The maximum atomic E-state index is 10.2. The van der Waals surface area contributed by atoms with Crippen molar-refractivity contribution in [2.45, 2.75) is 74.7 Å². The Labute approximate surface area is 538 Å². The van der Waals surface area contributed by atoms with Crippen LogP contribution in [0, 0.1) is 10.8 Å². The van der Waals surface area contributed by atoms with Crippen LogP contribution in [0.1, 0.15) is 83.9 Å². The molecule has 0 saturated carbocycles. The standard InChI is InChI=1S/2C42H33.C2H7Si.2ClH.Zr/c2*1-42(2,3)26-27-22-38-36(40-32-16-8-4-12-28(32)24-29-13-5-9-17-33(29)40)20-21-37(39(38)23-27)41-34-18-10-6-14-30(34)25-31-15-7-11-19-35(31)41;1-3-2;;;/h2*4-25H,26H2,1-3H3;3H,1-2H3;2*1H;/q;;;;;+2/p-2. The number of hydrogen-bond acceptors (Lipinski definition) is 0.